The van der Waals surface area contributed by atoms with Crippen LogP contribution in [0.25, 0.3) is 0 Å². The van der Waals surface area contributed by atoms with Gasteiger partial charge in [-0.25, -0.2) is 9.97 Å². The second-order valence-electron chi connectivity index (χ2n) is 4.38. The lowest BCUT2D eigenvalue weighted by molar-refractivity contribution is 0.181. The third kappa shape index (κ3) is 5.69. The Balaban J connectivity index is 2.76. The minimum absolute atomic E-state index is 0.530. The minimum Gasteiger partial charge on any atom is -0.378 e. The maximum atomic E-state index is 5.14. The van der Waals surface area contributed by atoms with Crippen LogP contribution in [-0.2, 0) is 17.1 Å². The van der Waals surface area contributed by atoms with Crippen LogP contribution in [0.4, 0.5) is 5.82 Å². The van der Waals surface area contributed by atoms with Crippen LogP contribution in [0.1, 0.15) is 38.7 Å². The van der Waals surface area contributed by atoms with E-state index >= 15 is 0 Å². The van der Waals surface area contributed by atoms with Crippen LogP contribution >= 0.6 is 11.8 Å². The fourth-order valence-electron chi connectivity index (χ4n) is 1.42. The summed E-state index contributed by atoms with van der Waals surface area (Å²) in [6.07, 6.45) is 1.08. The molecule has 0 aliphatic rings. The van der Waals surface area contributed by atoms with Gasteiger partial charge in [-0.15, -0.1) is 0 Å². The predicted molar refractivity (Wildman–Crippen MR) is 78.0 cm³/mol. The Bertz CT molecular complexity index is 358. The van der Waals surface area contributed by atoms with Crippen molar-refractivity contribution in [2.75, 3.05) is 19.0 Å². The highest BCUT2D eigenvalue weighted by molar-refractivity contribution is 7.99. The molecule has 1 aromatic heterocycles. The monoisotopic (exact) mass is 269 g/mol. The smallest absolute Gasteiger partial charge is 0.140 e. The predicted octanol–water partition coefficient (Wildman–Crippen LogP) is 3.09. The van der Waals surface area contributed by atoms with Gasteiger partial charge in [0.25, 0.3) is 0 Å². The maximum absolute atomic E-state index is 5.14. The molecule has 5 heteroatoms. The molecule has 0 bridgehead atoms. The van der Waals surface area contributed by atoms with Crippen molar-refractivity contribution in [2.45, 2.75) is 44.8 Å². The molecule has 1 aromatic rings. The van der Waals surface area contributed by atoms with E-state index in [0.29, 0.717) is 11.9 Å². The SMILES string of the molecule is CCCNc1cc(COC)nc(CSC(C)C)n1. The Morgan fingerprint density at radius 3 is 2.78 bits per heavy atom. The first-order valence-electron chi connectivity index (χ1n) is 6.37. The third-order valence-electron chi connectivity index (χ3n) is 2.22. The van der Waals surface area contributed by atoms with Crippen LogP contribution in [0.15, 0.2) is 6.07 Å². The van der Waals surface area contributed by atoms with Crippen LogP contribution in [0.3, 0.4) is 0 Å². The zero-order valence-corrected chi connectivity index (χ0v) is 12.5. The lowest BCUT2D eigenvalue weighted by Crippen LogP contribution is -2.07. The Morgan fingerprint density at radius 1 is 1.39 bits per heavy atom. The molecule has 1 rings (SSSR count). The van der Waals surface area contributed by atoms with Gasteiger partial charge in [0.1, 0.15) is 11.6 Å². The molecule has 0 saturated heterocycles. The van der Waals surface area contributed by atoms with E-state index in [1.165, 1.54) is 0 Å². The van der Waals surface area contributed by atoms with Gasteiger partial charge in [-0.1, -0.05) is 20.8 Å². The van der Waals surface area contributed by atoms with E-state index < -0.39 is 0 Å². The molecule has 0 spiro atoms. The van der Waals surface area contributed by atoms with Gasteiger partial charge in [0.2, 0.25) is 0 Å². The van der Waals surface area contributed by atoms with Gasteiger partial charge in [-0.05, 0) is 11.7 Å². The molecular formula is C13H23N3OS. The Labute approximate surface area is 114 Å². The van der Waals surface area contributed by atoms with Crippen LogP contribution in [0, 0.1) is 0 Å². The summed E-state index contributed by atoms with van der Waals surface area (Å²) in [5.74, 6) is 2.62. The van der Waals surface area contributed by atoms with E-state index in [4.69, 9.17) is 4.74 Å². The number of hydrogen-bond donors (Lipinski definition) is 1. The van der Waals surface area contributed by atoms with Crippen molar-refractivity contribution in [2.24, 2.45) is 0 Å². The summed E-state index contributed by atoms with van der Waals surface area (Å²) < 4.78 is 5.14. The van der Waals surface area contributed by atoms with Crippen LogP contribution < -0.4 is 5.32 Å². The molecule has 0 aliphatic heterocycles. The number of aromatic nitrogens is 2. The first-order valence-corrected chi connectivity index (χ1v) is 7.41. The number of nitrogens with one attached hydrogen (secondary N) is 1. The molecule has 0 unspecified atom stereocenters. The molecule has 0 aromatic carbocycles. The normalized spacial score (nSPS) is 10.9. The fraction of sp³-hybridized carbons (Fsp3) is 0.692. The van der Waals surface area contributed by atoms with Gasteiger partial charge in [-0.2, -0.15) is 11.8 Å². The fourth-order valence-corrected chi connectivity index (χ4v) is 2.03. The number of ether oxygens (including phenoxy) is 1. The average molecular weight is 269 g/mol. The van der Waals surface area contributed by atoms with Crippen LogP contribution in [0.2, 0.25) is 0 Å². The molecule has 1 heterocycles. The standard InChI is InChI=1S/C13H23N3OS/c1-5-6-14-12-7-11(8-17-4)15-13(16-12)9-18-10(2)3/h7,10H,5-6,8-9H2,1-4H3,(H,14,15,16). The van der Waals surface area contributed by atoms with E-state index in [1.54, 1.807) is 7.11 Å². The van der Waals surface area contributed by atoms with E-state index in [9.17, 15) is 0 Å². The van der Waals surface area contributed by atoms with Gasteiger partial charge in [-0.3, -0.25) is 0 Å². The van der Waals surface area contributed by atoms with Crippen molar-refractivity contribution in [1.29, 1.82) is 0 Å². The maximum Gasteiger partial charge on any atom is 0.140 e. The van der Waals surface area contributed by atoms with E-state index in [2.05, 4.69) is 36.1 Å². The number of hydrogen-bond acceptors (Lipinski definition) is 5. The summed E-state index contributed by atoms with van der Waals surface area (Å²) in [6.45, 7) is 7.96. The second kappa shape index (κ2) is 8.32. The summed E-state index contributed by atoms with van der Waals surface area (Å²) in [7, 11) is 1.68. The summed E-state index contributed by atoms with van der Waals surface area (Å²) in [5, 5.41) is 3.89. The van der Waals surface area contributed by atoms with Gasteiger partial charge < -0.3 is 10.1 Å². The summed E-state index contributed by atoms with van der Waals surface area (Å²) in [6, 6.07) is 1.96. The Morgan fingerprint density at radius 2 is 2.17 bits per heavy atom. The highest BCUT2D eigenvalue weighted by Gasteiger charge is 2.06. The Hall–Kier alpha value is -0.810. The summed E-state index contributed by atoms with van der Waals surface area (Å²) >= 11 is 1.85. The number of rotatable bonds is 8. The van der Waals surface area contributed by atoms with Crippen molar-refractivity contribution < 1.29 is 4.74 Å². The summed E-state index contributed by atoms with van der Waals surface area (Å²) in [4.78, 5) is 9.03. The molecule has 0 radical (unpaired) electrons. The van der Waals surface area contributed by atoms with Crippen LogP contribution in [-0.4, -0.2) is 28.9 Å². The molecule has 0 amide bonds. The van der Waals surface area contributed by atoms with Gasteiger partial charge in [0.15, 0.2) is 0 Å². The highest BCUT2D eigenvalue weighted by Crippen LogP contribution is 2.17. The zero-order chi connectivity index (χ0) is 13.4. The zero-order valence-electron chi connectivity index (χ0n) is 11.7. The largest absolute Gasteiger partial charge is 0.378 e. The molecule has 0 saturated carbocycles. The number of thioether (sulfide) groups is 1. The number of anilines is 1. The third-order valence-corrected chi connectivity index (χ3v) is 3.31. The number of methoxy groups -OCH3 is 1. The molecule has 18 heavy (non-hydrogen) atoms. The average Bonchev–Trinajstić information content (AvgIpc) is 2.34. The minimum atomic E-state index is 0.530. The van der Waals surface area contributed by atoms with E-state index in [0.717, 1.165) is 36.1 Å². The second-order valence-corrected chi connectivity index (χ2v) is 5.95. The molecule has 0 fully saturated rings. The van der Waals surface area contributed by atoms with Crippen LogP contribution in [0.5, 0.6) is 0 Å². The lowest BCUT2D eigenvalue weighted by atomic mass is 10.4. The van der Waals surface area contributed by atoms with E-state index in [-0.39, 0.29) is 0 Å². The molecule has 0 atom stereocenters. The van der Waals surface area contributed by atoms with E-state index in [1.807, 2.05) is 17.8 Å². The molecule has 102 valence electrons. The molecular weight excluding hydrogens is 246 g/mol. The number of nitrogens with zero attached hydrogens (tertiary/aromatic N) is 2. The van der Waals surface area contributed by atoms with Crippen molar-refractivity contribution >= 4 is 17.6 Å². The van der Waals surface area contributed by atoms with Gasteiger partial charge >= 0.3 is 0 Å². The molecule has 4 nitrogen and oxygen atoms in total. The van der Waals surface area contributed by atoms with Crippen molar-refractivity contribution in [3.05, 3.63) is 17.6 Å². The highest BCUT2D eigenvalue weighted by atomic mass is 32.2. The molecule has 1 N–H and O–H groups in total. The quantitative estimate of drug-likeness (QED) is 0.786. The van der Waals surface area contributed by atoms with Crippen molar-refractivity contribution in [3.8, 4) is 0 Å². The molecule has 0 aliphatic carbocycles. The first-order chi connectivity index (χ1) is 8.65. The van der Waals surface area contributed by atoms with Gasteiger partial charge in [0.05, 0.1) is 18.1 Å². The Kier molecular flexibility index (Phi) is 7.05. The summed E-state index contributed by atoms with van der Waals surface area (Å²) in [5.41, 5.74) is 0.936. The first kappa shape index (κ1) is 15.2. The van der Waals surface area contributed by atoms with Crippen molar-refractivity contribution in [1.82, 2.24) is 9.97 Å². The lowest BCUT2D eigenvalue weighted by Gasteiger charge is -2.10. The van der Waals surface area contributed by atoms with Gasteiger partial charge in [0, 0.05) is 19.7 Å². The topological polar surface area (TPSA) is 47.0 Å². The van der Waals surface area contributed by atoms with Crippen molar-refractivity contribution in [3.63, 3.8) is 0 Å².